The molecule has 21 heavy (non-hydrogen) atoms. The maximum absolute atomic E-state index is 5.88. The standard InChI is InChI=1S/C17H20BrNO2/c1-4-19-12(2)13-5-10-17(16(18)11-13)21-15-8-6-14(20-3)7-9-15/h5-12,19H,4H2,1-3H3. The highest BCUT2D eigenvalue weighted by Crippen LogP contribution is 2.32. The van der Waals surface area contributed by atoms with Crippen LogP contribution in [0.25, 0.3) is 0 Å². The average molecular weight is 350 g/mol. The number of methoxy groups -OCH3 is 1. The second kappa shape index (κ2) is 7.48. The molecule has 0 amide bonds. The van der Waals surface area contributed by atoms with Gasteiger partial charge < -0.3 is 14.8 Å². The van der Waals surface area contributed by atoms with E-state index in [9.17, 15) is 0 Å². The van der Waals surface area contributed by atoms with Crippen molar-refractivity contribution in [1.82, 2.24) is 5.32 Å². The molecular formula is C17H20BrNO2. The summed E-state index contributed by atoms with van der Waals surface area (Å²) < 4.78 is 12.0. The summed E-state index contributed by atoms with van der Waals surface area (Å²) in [5, 5.41) is 3.40. The molecule has 0 radical (unpaired) electrons. The fraction of sp³-hybridized carbons (Fsp3) is 0.294. The fourth-order valence-electron chi connectivity index (χ4n) is 2.06. The van der Waals surface area contributed by atoms with Crippen molar-refractivity contribution in [3.8, 4) is 17.2 Å². The summed E-state index contributed by atoms with van der Waals surface area (Å²) in [7, 11) is 1.65. The lowest BCUT2D eigenvalue weighted by Crippen LogP contribution is -2.17. The number of benzene rings is 2. The van der Waals surface area contributed by atoms with Gasteiger partial charge >= 0.3 is 0 Å². The zero-order valence-electron chi connectivity index (χ0n) is 12.5. The van der Waals surface area contributed by atoms with Gasteiger partial charge in [0.1, 0.15) is 17.2 Å². The van der Waals surface area contributed by atoms with Crippen molar-refractivity contribution in [3.05, 3.63) is 52.5 Å². The van der Waals surface area contributed by atoms with E-state index < -0.39 is 0 Å². The van der Waals surface area contributed by atoms with Crippen LogP contribution in [0.5, 0.6) is 17.2 Å². The molecule has 1 atom stereocenters. The van der Waals surface area contributed by atoms with Crippen LogP contribution in [-0.4, -0.2) is 13.7 Å². The largest absolute Gasteiger partial charge is 0.497 e. The van der Waals surface area contributed by atoms with E-state index in [0.29, 0.717) is 6.04 Å². The van der Waals surface area contributed by atoms with E-state index >= 15 is 0 Å². The molecule has 0 saturated carbocycles. The summed E-state index contributed by atoms with van der Waals surface area (Å²) in [6.07, 6.45) is 0. The molecule has 1 unspecified atom stereocenters. The Labute approximate surface area is 134 Å². The number of ether oxygens (including phenoxy) is 2. The molecule has 0 bridgehead atoms. The van der Waals surface area contributed by atoms with Crippen molar-refractivity contribution in [1.29, 1.82) is 0 Å². The minimum atomic E-state index is 0.321. The van der Waals surface area contributed by atoms with Crippen LogP contribution in [0.1, 0.15) is 25.5 Å². The first kappa shape index (κ1) is 15.9. The summed E-state index contributed by atoms with van der Waals surface area (Å²) >= 11 is 3.57. The van der Waals surface area contributed by atoms with E-state index in [1.165, 1.54) is 5.56 Å². The number of rotatable bonds is 6. The summed E-state index contributed by atoms with van der Waals surface area (Å²) in [6.45, 7) is 5.20. The number of hydrogen-bond donors (Lipinski definition) is 1. The molecule has 2 aromatic carbocycles. The third-order valence-electron chi connectivity index (χ3n) is 3.25. The highest BCUT2D eigenvalue weighted by Gasteiger charge is 2.08. The van der Waals surface area contributed by atoms with Gasteiger partial charge in [-0.05, 0) is 71.4 Å². The Morgan fingerprint density at radius 2 is 1.76 bits per heavy atom. The maximum Gasteiger partial charge on any atom is 0.141 e. The van der Waals surface area contributed by atoms with Crippen LogP contribution < -0.4 is 14.8 Å². The Kier molecular flexibility index (Phi) is 5.65. The zero-order valence-corrected chi connectivity index (χ0v) is 14.1. The van der Waals surface area contributed by atoms with Crippen molar-refractivity contribution < 1.29 is 9.47 Å². The molecule has 0 aliphatic heterocycles. The summed E-state index contributed by atoms with van der Waals surface area (Å²) in [5.41, 5.74) is 1.23. The van der Waals surface area contributed by atoms with E-state index in [1.807, 2.05) is 30.3 Å². The molecule has 2 rings (SSSR count). The third kappa shape index (κ3) is 4.22. The molecule has 0 heterocycles. The van der Waals surface area contributed by atoms with E-state index in [-0.39, 0.29) is 0 Å². The van der Waals surface area contributed by atoms with E-state index in [0.717, 1.165) is 28.3 Å². The Bertz CT molecular complexity index is 584. The quantitative estimate of drug-likeness (QED) is 0.802. The first-order valence-electron chi connectivity index (χ1n) is 6.98. The molecule has 112 valence electrons. The van der Waals surface area contributed by atoms with Crippen molar-refractivity contribution >= 4 is 15.9 Å². The summed E-state index contributed by atoms with van der Waals surface area (Å²) in [5.74, 6) is 2.40. The van der Waals surface area contributed by atoms with Gasteiger partial charge in [0.15, 0.2) is 0 Å². The Morgan fingerprint density at radius 1 is 1.10 bits per heavy atom. The SMILES string of the molecule is CCNC(C)c1ccc(Oc2ccc(OC)cc2)c(Br)c1. The second-order valence-corrected chi connectivity index (χ2v) is 5.60. The molecule has 2 aromatic rings. The fourth-order valence-corrected chi connectivity index (χ4v) is 2.54. The Hall–Kier alpha value is -1.52. The van der Waals surface area contributed by atoms with Gasteiger partial charge in [-0.1, -0.05) is 13.0 Å². The van der Waals surface area contributed by atoms with Gasteiger partial charge in [-0.3, -0.25) is 0 Å². The molecule has 1 N–H and O–H groups in total. The maximum atomic E-state index is 5.88. The molecule has 4 heteroatoms. The molecule has 0 saturated heterocycles. The average Bonchev–Trinajstić information content (AvgIpc) is 2.50. The predicted molar refractivity (Wildman–Crippen MR) is 89.3 cm³/mol. The smallest absolute Gasteiger partial charge is 0.141 e. The van der Waals surface area contributed by atoms with Crippen molar-refractivity contribution in [2.75, 3.05) is 13.7 Å². The van der Waals surface area contributed by atoms with Crippen LogP contribution in [0.15, 0.2) is 46.9 Å². The minimum absolute atomic E-state index is 0.321. The monoisotopic (exact) mass is 349 g/mol. The Morgan fingerprint density at radius 3 is 2.33 bits per heavy atom. The minimum Gasteiger partial charge on any atom is -0.497 e. The molecule has 0 spiro atoms. The van der Waals surface area contributed by atoms with Crippen LogP contribution in [-0.2, 0) is 0 Å². The van der Waals surface area contributed by atoms with Crippen LogP contribution in [0, 0.1) is 0 Å². The normalized spacial score (nSPS) is 12.0. The number of hydrogen-bond acceptors (Lipinski definition) is 3. The molecule has 0 aliphatic rings. The lowest BCUT2D eigenvalue weighted by atomic mass is 10.1. The van der Waals surface area contributed by atoms with E-state index in [1.54, 1.807) is 7.11 Å². The lowest BCUT2D eigenvalue weighted by molar-refractivity contribution is 0.412. The van der Waals surface area contributed by atoms with Gasteiger partial charge in [-0.25, -0.2) is 0 Å². The highest BCUT2D eigenvalue weighted by molar-refractivity contribution is 9.10. The number of nitrogens with one attached hydrogen (secondary N) is 1. The molecule has 3 nitrogen and oxygen atoms in total. The zero-order chi connectivity index (χ0) is 15.2. The Balaban J connectivity index is 2.13. The van der Waals surface area contributed by atoms with Gasteiger partial charge in [-0.15, -0.1) is 0 Å². The molecule has 0 aliphatic carbocycles. The van der Waals surface area contributed by atoms with Gasteiger partial charge in [0.2, 0.25) is 0 Å². The van der Waals surface area contributed by atoms with Crippen LogP contribution >= 0.6 is 15.9 Å². The van der Waals surface area contributed by atoms with Crippen molar-refractivity contribution in [2.45, 2.75) is 19.9 Å². The summed E-state index contributed by atoms with van der Waals surface area (Å²) in [6, 6.07) is 14.0. The number of halogens is 1. The lowest BCUT2D eigenvalue weighted by Gasteiger charge is -2.15. The van der Waals surface area contributed by atoms with E-state index in [2.05, 4.69) is 47.2 Å². The first-order valence-corrected chi connectivity index (χ1v) is 7.78. The van der Waals surface area contributed by atoms with Crippen molar-refractivity contribution in [2.24, 2.45) is 0 Å². The summed E-state index contributed by atoms with van der Waals surface area (Å²) in [4.78, 5) is 0. The van der Waals surface area contributed by atoms with Gasteiger partial charge in [-0.2, -0.15) is 0 Å². The van der Waals surface area contributed by atoms with Crippen molar-refractivity contribution in [3.63, 3.8) is 0 Å². The van der Waals surface area contributed by atoms with Crippen LogP contribution in [0.2, 0.25) is 0 Å². The first-order chi connectivity index (χ1) is 10.1. The second-order valence-electron chi connectivity index (χ2n) is 4.75. The molecular weight excluding hydrogens is 330 g/mol. The highest BCUT2D eigenvalue weighted by atomic mass is 79.9. The topological polar surface area (TPSA) is 30.5 Å². The molecule has 0 aromatic heterocycles. The van der Waals surface area contributed by atoms with Gasteiger partial charge in [0.25, 0.3) is 0 Å². The van der Waals surface area contributed by atoms with Crippen LogP contribution in [0.4, 0.5) is 0 Å². The predicted octanol–water partition coefficient (Wildman–Crippen LogP) is 4.92. The van der Waals surface area contributed by atoms with E-state index in [4.69, 9.17) is 9.47 Å². The van der Waals surface area contributed by atoms with Gasteiger partial charge in [0, 0.05) is 6.04 Å². The van der Waals surface area contributed by atoms with Gasteiger partial charge in [0.05, 0.1) is 11.6 Å². The van der Waals surface area contributed by atoms with Crippen LogP contribution in [0.3, 0.4) is 0 Å². The molecule has 0 fully saturated rings. The third-order valence-corrected chi connectivity index (χ3v) is 3.87.